The number of nitrogens with one attached hydrogen (secondary N) is 1. The molecule has 0 bridgehead atoms. The van der Waals surface area contributed by atoms with Crippen LogP contribution in [0.1, 0.15) is 11.9 Å². The molecule has 0 aliphatic carbocycles. The molecule has 6 N–H and O–H groups in total. The number of rotatable bonds is 10. The van der Waals surface area contributed by atoms with Crippen molar-refractivity contribution < 1.29 is 20.1 Å². The first kappa shape index (κ1) is 23.2. The first-order valence-electron chi connectivity index (χ1n) is 8.17. The predicted octanol–water partition coefficient (Wildman–Crippen LogP) is 2.49. The van der Waals surface area contributed by atoms with Gasteiger partial charge in [-0.1, -0.05) is 35.0 Å². The molecule has 0 amide bonds. The number of halogens is 2. The number of nitrogens with two attached hydrogens (primary N) is 1. The molecule has 0 saturated carbocycles. The Morgan fingerprint density at radius 3 is 2.79 bits per heavy atom. The number of thiazole rings is 1. The van der Waals surface area contributed by atoms with E-state index in [2.05, 4.69) is 10.3 Å². The molecule has 4 unspecified atom stereocenters. The lowest BCUT2D eigenvalue weighted by molar-refractivity contribution is -0.0978. The van der Waals surface area contributed by atoms with E-state index in [4.69, 9.17) is 33.7 Å². The Morgan fingerprint density at radius 2 is 2.18 bits per heavy atom. The normalized spacial score (nSPS) is 16.4. The van der Waals surface area contributed by atoms with Gasteiger partial charge in [-0.25, -0.2) is 4.98 Å². The van der Waals surface area contributed by atoms with Crippen molar-refractivity contribution in [1.82, 2.24) is 10.3 Å². The van der Waals surface area contributed by atoms with E-state index in [0.29, 0.717) is 25.6 Å². The Hall–Kier alpha value is -1.04. The fourth-order valence-electron chi connectivity index (χ4n) is 2.02. The zero-order valence-electron chi connectivity index (χ0n) is 14.8. The van der Waals surface area contributed by atoms with Gasteiger partial charge in [0, 0.05) is 27.7 Å². The van der Waals surface area contributed by atoms with E-state index in [1.165, 1.54) is 24.5 Å². The fourth-order valence-corrected chi connectivity index (χ4v) is 4.11. The molecule has 28 heavy (non-hydrogen) atoms. The van der Waals surface area contributed by atoms with Gasteiger partial charge in [-0.2, -0.15) is 0 Å². The monoisotopic (exact) mass is 465 g/mol. The molecular formula is C17H21Cl2N3O4S2. The Balaban J connectivity index is 2.18. The Bertz CT molecular complexity index is 778. The third-order valence-corrected chi connectivity index (χ3v) is 6.20. The van der Waals surface area contributed by atoms with E-state index in [-0.39, 0.29) is 0 Å². The summed E-state index contributed by atoms with van der Waals surface area (Å²) in [6.07, 6.45) is -0.0742. The summed E-state index contributed by atoms with van der Waals surface area (Å²) in [5.74, 6) is 0. The highest BCUT2D eigenvalue weighted by atomic mass is 35.5. The third-order valence-electron chi connectivity index (χ3n) is 3.51. The standard InChI is InChI=1S/C17H21Cl2N3O4S2/c1-9(24)13(8-23)26-17(28-14-6-10(18)2-3-11(14)19)15(25)22-7-12(20)16-21-4-5-27-16/h2-7,9,13,15,17,22-25H,8,20H2,1H3/b12-7-. The molecule has 1 aromatic carbocycles. The van der Waals surface area contributed by atoms with Crippen molar-refractivity contribution in [3.63, 3.8) is 0 Å². The van der Waals surface area contributed by atoms with Gasteiger partial charge in [0.2, 0.25) is 0 Å². The summed E-state index contributed by atoms with van der Waals surface area (Å²) < 4.78 is 5.71. The summed E-state index contributed by atoms with van der Waals surface area (Å²) in [6.45, 7) is 1.05. The minimum atomic E-state index is -1.24. The second kappa shape index (κ2) is 11.2. The van der Waals surface area contributed by atoms with Crippen LogP contribution >= 0.6 is 46.3 Å². The largest absolute Gasteiger partial charge is 0.395 e. The summed E-state index contributed by atoms with van der Waals surface area (Å²) >= 11 is 14.7. The molecule has 1 heterocycles. The molecule has 11 heteroatoms. The Morgan fingerprint density at radius 1 is 1.43 bits per heavy atom. The number of aromatic nitrogens is 1. The van der Waals surface area contributed by atoms with Crippen LogP contribution in [0.3, 0.4) is 0 Å². The quantitative estimate of drug-likeness (QED) is 0.268. The van der Waals surface area contributed by atoms with Crippen molar-refractivity contribution in [2.75, 3.05) is 6.61 Å². The molecular weight excluding hydrogens is 445 g/mol. The minimum Gasteiger partial charge on any atom is -0.395 e. The maximum Gasteiger partial charge on any atom is 0.160 e. The highest BCUT2D eigenvalue weighted by molar-refractivity contribution is 8.00. The number of thioether (sulfide) groups is 1. The van der Waals surface area contributed by atoms with Crippen LogP contribution in [-0.4, -0.2) is 50.8 Å². The maximum atomic E-state index is 10.6. The molecule has 0 spiro atoms. The lowest BCUT2D eigenvalue weighted by Gasteiger charge is -2.28. The van der Waals surface area contributed by atoms with Gasteiger partial charge in [0.1, 0.15) is 11.1 Å². The smallest absolute Gasteiger partial charge is 0.160 e. The van der Waals surface area contributed by atoms with Gasteiger partial charge in [0.15, 0.2) is 11.7 Å². The fraction of sp³-hybridized carbons (Fsp3) is 0.353. The molecule has 1 aromatic heterocycles. The van der Waals surface area contributed by atoms with Gasteiger partial charge in [0.05, 0.1) is 23.4 Å². The van der Waals surface area contributed by atoms with E-state index < -0.39 is 30.5 Å². The highest BCUT2D eigenvalue weighted by Crippen LogP contribution is 2.34. The minimum absolute atomic E-state index is 0.341. The molecule has 0 radical (unpaired) electrons. The number of nitrogens with zero attached hydrogens (tertiary/aromatic N) is 1. The Labute approximate surface area is 181 Å². The summed E-state index contributed by atoms with van der Waals surface area (Å²) in [5, 5.41) is 35.8. The average molecular weight is 466 g/mol. The van der Waals surface area contributed by atoms with E-state index in [1.54, 1.807) is 29.8 Å². The number of ether oxygens (including phenoxy) is 1. The van der Waals surface area contributed by atoms with Crippen LogP contribution in [-0.2, 0) is 4.74 Å². The van der Waals surface area contributed by atoms with E-state index >= 15 is 0 Å². The van der Waals surface area contributed by atoms with Crippen molar-refractivity contribution in [3.8, 4) is 0 Å². The molecule has 2 aromatic rings. The maximum absolute atomic E-state index is 10.6. The number of hydrogen-bond donors (Lipinski definition) is 5. The van der Waals surface area contributed by atoms with Crippen molar-refractivity contribution in [2.24, 2.45) is 5.73 Å². The van der Waals surface area contributed by atoms with E-state index in [9.17, 15) is 15.3 Å². The van der Waals surface area contributed by atoms with E-state index in [1.807, 2.05) is 0 Å². The molecule has 0 aliphatic rings. The molecule has 4 atom stereocenters. The molecule has 0 saturated heterocycles. The van der Waals surface area contributed by atoms with Gasteiger partial charge in [-0.3, -0.25) is 0 Å². The SMILES string of the molecule is CC(O)C(CO)OC(Sc1cc(Cl)ccc1Cl)C(O)N/C=C(\N)c1nccs1. The summed E-state index contributed by atoms with van der Waals surface area (Å²) in [6, 6.07) is 4.90. The summed E-state index contributed by atoms with van der Waals surface area (Å²) in [5.41, 5.74) is 5.33. The molecule has 7 nitrogen and oxygen atoms in total. The highest BCUT2D eigenvalue weighted by Gasteiger charge is 2.27. The van der Waals surface area contributed by atoms with Crippen molar-refractivity contribution in [2.45, 2.75) is 35.7 Å². The van der Waals surface area contributed by atoms with Crippen LogP contribution in [0.15, 0.2) is 40.9 Å². The van der Waals surface area contributed by atoms with Gasteiger partial charge in [-0.05, 0) is 25.1 Å². The van der Waals surface area contributed by atoms with Crippen LogP contribution in [0.5, 0.6) is 0 Å². The van der Waals surface area contributed by atoms with Crippen LogP contribution < -0.4 is 11.1 Å². The molecule has 0 fully saturated rings. The summed E-state index contributed by atoms with van der Waals surface area (Å²) in [7, 11) is 0. The van der Waals surface area contributed by atoms with Crippen LogP contribution in [0.2, 0.25) is 10.0 Å². The van der Waals surface area contributed by atoms with Crippen LogP contribution in [0.4, 0.5) is 0 Å². The lowest BCUT2D eigenvalue weighted by Crippen LogP contribution is -2.42. The summed E-state index contributed by atoms with van der Waals surface area (Å²) in [4.78, 5) is 4.65. The topological polar surface area (TPSA) is 121 Å². The molecule has 154 valence electrons. The molecule has 2 rings (SSSR count). The predicted molar refractivity (Wildman–Crippen MR) is 113 cm³/mol. The van der Waals surface area contributed by atoms with Crippen molar-refractivity contribution in [1.29, 1.82) is 0 Å². The lowest BCUT2D eigenvalue weighted by atomic mass is 10.2. The second-order valence-electron chi connectivity index (χ2n) is 5.71. The van der Waals surface area contributed by atoms with Gasteiger partial charge < -0.3 is 31.1 Å². The van der Waals surface area contributed by atoms with Gasteiger partial charge in [0.25, 0.3) is 0 Å². The number of benzene rings is 1. The van der Waals surface area contributed by atoms with Gasteiger partial charge in [-0.15, -0.1) is 11.3 Å². The van der Waals surface area contributed by atoms with Crippen molar-refractivity contribution in [3.05, 3.63) is 51.0 Å². The second-order valence-corrected chi connectivity index (χ2v) is 8.59. The number of aliphatic hydroxyl groups is 3. The zero-order valence-corrected chi connectivity index (χ0v) is 18.0. The number of aliphatic hydroxyl groups excluding tert-OH is 3. The average Bonchev–Trinajstić information content (AvgIpc) is 3.20. The number of hydrogen-bond acceptors (Lipinski definition) is 9. The van der Waals surface area contributed by atoms with Crippen LogP contribution in [0.25, 0.3) is 5.70 Å². The molecule has 0 aliphatic heterocycles. The van der Waals surface area contributed by atoms with Crippen LogP contribution in [0, 0.1) is 0 Å². The first-order chi connectivity index (χ1) is 13.3. The first-order valence-corrected chi connectivity index (χ1v) is 10.7. The van der Waals surface area contributed by atoms with Crippen molar-refractivity contribution >= 4 is 52.0 Å². The third kappa shape index (κ3) is 6.78. The zero-order chi connectivity index (χ0) is 20.7. The van der Waals surface area contributed by atoms with Gasteiger partial charge >= 0.3 is 0 Å². The Kier molecular flexibility index (Phi) is 9.32. The van der Waals surface area contributed by atoms with E-state index in [0.717, 1.165) is 11.8 Å².